The van der Waals surface area contributed by atoms with E-state index >= 15 is 0 Å². The van der Waals surface area contributed by atoms with Crippen LogP contribution in [0, 0.1) is 0 Å². The fourth-order valence-electron chi connectivity index (χ4n) is 3.56. The number of rotatable bonds is 10. The Hall–Kier alpha value is -2.64. The molecule has 34 heavy (non-hydrogen) atoms. The zero-order valence-corrected chi connectivity index (χ0v) is 18.7. The fraction of sp³-hybridized carbons (Fsp3) is 0.478. The second-order valence-corrected chi connectivity index (χ2v) is 7.71. The van der Waals surface area contributed by atoms with Crippen molar-refractivity contribution < 1.29 is 54.3 Å². The lowest BCUT2D eigenvalue weighted by Gasteiger charge is -2.40. The van der Waals surface area contributed by atoms with E-state index in [1.165, 1.54) is 32.4 Å². The Morgan fingerprint density at radius 2 is 1.59 bits per heavy atom. The maximum Gasteiger partial charge on any atom is 0.186 e. The first-order valence-corrected chi connectivity index (χ1v) is 10.6. The Balaban J connectivity index is 1.84. The summed E-state index contributed by atoms with van der Waals surface area (Å²) in [4.78, 5) is 0. The number of aromatic hydroxyl groups is 1. The summed E-state index contributed by atoms with van der Waals surface area (Å²) in [5, 5.41) is 60.5. The Labute approximate surface area is 196 Å². The van der Waals surface area contributed by atoms with Crippen LogP contribution in [0.25, 0.3) is 0 Å². The Morgan fingerprint density at radius 3 is 2.24 bits per heavy atom. The van der Waals surface area contributed by atoms with Crippen molar-refractivity contribution in [1.82, 2.24) is 0 Å². The lowest BCUT2D eigenvalue weighted by atomic mass is 9.99. The number of phenolic OH excluding ortho intramolecular Hbond substituents is 1. The number of ether oxygens (including phenoxy) is 5. The van der Waals surface area contributed by atoms with E-state index in [1.807, 2.05) is 0 Å². The Kier molecular flexibility index (Phi) is 8.91. The molecule has 0 spiro atoms. The first-order chi connectivity index (χ1) is 16.3. The normalized spacial score (nSPS) is 26.5. The minimum Gasteiger partial charge on any atom is -0.504 e. The van der Waals surface area contributed by atoms with Crippen molar-refractivity contribution in [3.8, 4) is 23.0 Å². The summed E-state index contributed by atoms with van der Waals surface area (Å²) in [7, 11) is 2.83. The van der Waals surface area contributed by atoms with E-state index in [-0.39, 0.29) is 18.1 Å². The van der Waals surface area contributed by atoms with E-state index < -0.39 is 49.5 Å². The van der Waals surface area contributed by atoms with Crippen molar-refractivity contribution in [3.05, 3.63) is 48.0 Å². The Morgan fingerprint density at radius 1 is 0.912 bits per heavy atom. The highest BCUT2D eigenvalue weighted by molar-refractivity contribution is 5.43. The van der Waals surface area contributed by atoms with Crippen LogP contribution in [0.3, 0.4) is 0 Å². The number of benzene rings is 2. The van der Waals surface area contributed by atoms with E-state index in [0.717, 1.165) is 0 Å². The molecular formula is C23H30O11. The summed E-state index contributed by atoms with van der Waals surface area (Å²) in [6, 6.07) is 11.0. The van der Waals surface area contributed by atoms with Crippen molar-refractivity contribution in [3.63, 3.8) is 0 Å². The monoisotopic (exact) mass is 482 g/mol. The lowest BCUT2D eigenvalue weighted by Crippen LogP contribution is -2.59. The van der Waals surface area contributed by atoms with Crippen LogP contribution in [0.5, 0.6) is 23.0 Å². The first-order valence-electron chi connectivity index (χ1n) is 10.6. The molecule has 11 nitrogen and oxygen atoms in total. The van der Waals surface area contributed by atoms with Gasteiger partial charge in [0.05, 0.1) is 27.4 Å². The zero-order valence-electron chi connectivity index (χ0n) is 18.7. The van der Waals surface area contributed by atoms with Gasteiger partial charge in [0.2, 0.25) is 0 Å². The van der Waals surface area contributed by atoms with Crippen LogP contribution in [0.1, 0.15) is 11.7 Å². The molecule has 0 saturated carbocycles. The van der Waals surface area contributed by atoms with Crippen LogP contribution in [0.15, 0.2) is 42.5 Å². The molecule has 2 aromatic carbocycles. The third-order valence-electron chi connectivity index (χ3n) is 5.52. The summed E-state index contributed by atoms with van der Waals surface area (Å²) < 4.78 is 27.4. The Bertz CT molecular complexity index is 922. The molecule has 1 aliphatic rings. The molecule has 1 saturated heterocycles. The lowest BCUT2D eigenvalue weighted by molar-refractivity contribution is -0.305. The summed E-state index contributed by atoms with van der Waals surface area (Å²) in [5.41, 5.74) is 0.340. The third kappa shape index (κ3) is 5.70. The van der Waals surface area contributed by atoms with Crippen molar-refractivity contribution >= 4 is 0 Å². The minimum absolute atomic E-state index is 0.113. The predicted octanol–water partition coefficient (Wildman–Crippen LogP) is -0.293. The second kappa shape index (κ2) is 11.7. The van der Waals surface area contributed by atoms with Gasteiger partial charge < -0.3 is 54.3 Å². The largest absolute Gasteiger partial charge is 0.504 e. The van der Waals surface area contributed by atoms with Crippen LogP contribution < -0.4 is 14.2 Å². The van der Waals surface area contributed by atoms with Crippen LogP contribution in [-0.2, 0) is 9.47 Å². The second-order valence-electron chi connectivity index (χ2n) is 7.71. The summed E-state index contributed by atoms with van der Waals surface area (Å²) >= 11 is 0. The number of methoxy groups -OCH3 is 2. The number of aliphatic hydroxyl groups is 5. The predicted molar refractivity (Wildman–Crippen MR) is 117 cm³/mol. The molecule has 188 valence electrons. The highest BCUT2D eigenvalue weighted by Crippen LogP contribution is 2.34. The van der Waals surface area contributed by atoms with Gasteiger partial charge in [-0.2, -0.15) is 0 Å². The van der Waals surface area contributed by atoms with Crippen LogP contribution in [0.2, 0.25) is 0 Å². The molecule has 2 aromatic rings. The first kappa shape index (κ1) is 26.0. The van der Waals surface area contributed by atoms with Gasteiger partial charge in [0, 0.05) is 0 Å². The molecule has 0 radical (unpaired) electrons. The van der Waals surface area contributed by atoms with Crippen LogP contribution >= 0.6 is 0 Å². The number of phenols is 1. The van der Waals surface area contributed by atoms with Crippen LogP contribution in [0.4, 0.5) is 0 Å². The molecular weight excluding hydrogens is 452 g/mol. The van der Waals surface area contributed by atoms with Gasteiger partial charge in [-0.05, 0) is 29.8 Å². The van der Waals surface area contributed by atoms with Crippen LogP contribution in [-0.4, -0.2) is 94.9 Å². The summed E-state index contributed by atoms with van der Waals surface area (Å²) in [6.45, 7) is -0.951. The van der Waals surface area contributed by atoms with E-state index in [4.69, 9.17) is 23.7 Å². The van der Waals surface area contributed by atoms with Crippen molar-refractivity contribution in [1.29, 1.82) is 0 Å². The van der Waals surface area contributed by atoms with Gasteiger partial charge in [-0.25, -0.2) is 0 Å². The molecule has 0 unspecified atom stereocenters. The molecule has 1 heterocycles. The van der Waals surface area contributed by atoms with Gasteiger partial charge >= 0.3 is 0 Å². The molecule has 7 atom stereocenters. The average molecular weight is 482 g/mol. The van der Waals surface area contributed by atoms with E-state index in [1.54, 1.807) is 24.3 Å². The molecule has 11 heteroatoms. The fourth-order valence-corrected chi connectivity index (χ4v) is 3.56. The minimum atomic E-state index is -1.62. The molecule has 0 aliphatic carbocycles. The maximum absolute atomic E-state index is 11.1. The van der Waals surface area contributed by atoms with Gasteiger partial charge in [0.25, 0.3) is 0 Å². The van der Waals surface area contributed by atoms with Gasteiger partial charge in [-0.15, -0.1) is 0 Å². The molecule has 0 aromatic heterocycles. The van der Waals surface area contributed by atoms with Gasteiger partial charge in [-0.1, -0.05) is 18.2 Å². The van der Waals surface area contributed by atoms with Gasteiger partial charge in [0.1, 0.15) is 30.5 Å². The van der Waals surface area contributed by atoms with Crippen molar-refractivity contribution in [2.45, 2.75) is 42.9 Å². The van der Waals surface area contributed by atoms with Gasteiger partial charge in [0.15, 0.2) is 35.4 Å². The molecule has 1 fully saturated rings. The topological polar surface area (TPSA) is 168 Å². The highest BCUT2D eigenvalue weighted by atomic mass is 16.7. The SMILES string of the molecule is COc1cc([C@H](O)[C@@H](CO[C@@H]2O[C@H](CO)[C@@H](O)[C@H](O)[C@H]2O)Oc2ccccc2OC)ccc1O. The average Bonchev–Trinajstić information content (AvgIpc) is 2.86. The van der Waals surface area contributed by atoms with Crippen molar-refractivity contribution in [2.24, 2.45) is 0 Å². The van der Waals surface area contributed by atoms with Gasteiger partial charge in [-0.3, -0.25) is 0 Å². The van der Waals surface area contributed by atoms with Crippen molar-refractivity contribution in [2.75, 3.05) is 27.4 Å². The summed E-state index contributed by atoms with van der Waals surface area (Å²) in [6.07, 6.45) is -9.71. The number of para-hydroxylation sites is 2. The highest BCUT2D eigenvalue weighted by Gasteiger charge is 2.44. The molecule has 1 aliphatic heterocycles. The third-order valence-corrected chi connectivity index (χ3v) is 5.52. The maximum atomic E-state index is 11.1. The molecule has 6 N–H and O–H groups in total. The number of hydrogen-bond acceptors (Lipinski definition) is 11. The van der Waals surface area contributed by atoms with E-state index in [9.17, 15) is 30.6 Å². The molecule has 3 rings (SSSR count). The van der Waals surface area contributed by atoms with E-state index in [2.05, 4.69) is 0 Å². The van der Waals surface area contributed by atoms with E-state index in [0.29, 0.717) is 17.1 Å². The standard InChI is InChI=1S/C23H30O11/c1-30-14-5-3-4-6-15(14)33-18(19(26)12-7-8-13(25)16(9-12)31-2)11-32-23-22(29)21(28)20(27)17(10-24)34-23/h3-9,17-29H,10-11H2,1-2H3/t17-,18-,19+,20-,21+,22-,23-/m1/s1. The molecule has 0 amide bonds. The summed E-state index contributed by atoms with van der Waals surface area (Å²) in [5.74, 6) is 0.730. The quantitative estimate of drug-likeness (QED) is 0.263. The number of aliphatic hydroxyl groups excluding tert-OH is 5. The smallest absolute Gasteiger partial charge is 0.186 e. The molecule has 0 bridgehead atoms. The number of hydrogen-bond donors (Lipinski definition) is 6. The zero-order chi connectivity index (χ0) is 24.8.